The maximum Gasteiger partial charge on any atom is 0.271 e. The van der Waals surface area contributed by atoms with Gasteiger partial charge in [0, 0.05) is 12.2 Å². The number of aromatic nitrogens is 4. The minimum absolute atomic E-state index is 0.0922. The van der Waals surface area contributed by atoms with Gasteiger partial charge in [0.2, 0.25) is 0 Å². The van der Waals surface area contributed by atoms with Crippen LogP contribution in [0, 0.1) is 31.6 Å². The quantitative estimate of drug-likeness (QED) is 0.870. The Bertz CT molecular complexity index is 826. The summed E-state index contributed by atoms with van der Waals surface area (Å²) < 4.78 is 3.51. The lowest BCUT2D eigenvalue weighted by Crippen LogP contribution is -2.40. The van der Waals surface area contributed by atoms with E-state index in [1.54, 1.807) is 15.4 Å². The van der Waals surface area contributed by atoms with E-state index >= 15 is 0 Å². The van der Waals surface area contributed by atoms with Gasteiger partial charge in [0.25, 0.3) is 5.91 Å². The highest BCUT2D eigenvalue weighted by atomic mass is 35.5. The number of hydrogen-bond acceptors (Lipinski definition) is 3. The van der Waals surface area contributed by atoms with Crippen LogP contribution in [-0.4, -0.2) is 31.5 Å². The summed E-state index contributed by atoms with van der Waals surface area (Å²) in [5.74, 6) is 2.21. The van der Waals surface area contributed by atoms with Gasteiger partial charge < -0.3 is 5.32 Å². The number of aryl methyl sites for hydroxylation is 1. The molecule has 4 atom stereocenters. The molecule has 140 valence electrons. The molecule has 26 heavy (non-hydrogen) atoms. The molecule has 2 bridgehead atoms. The Hall–Kier alpha value is -1.82. The van der Waals surface area contributed by atoms with E-state index in [2.05, 4.69) is 22.4 Å². The number of carbonyl (C=O) groups excluding carboxylic acids is 1. The lowest BCUT2D eigenvalue weighted by molar-refractivity contribution is 0.0909. The van der Waals surface area contributed by atoms with Crippen molar-refractivity contribution < 1.29 is 4.79 Å². The predicted molar refractivity (Wildman–Crippen MR) is 100 cm³/mol. The molecule has 2 heterocycles. The van der Waals surface area contributed by atoms with Gasteiger partial charge in [0.05, 0.1) is 16.4 Å². The summed E-state index contributed by atoms with van der Waals surface area (Å²) in [4.78, 5) is 12.6. The van der Waals surface area contributed by atoms with E-state index in [0.717, 1.165) is 23.2 Å². The average Bonchev–Trinajstić information content (AvgIpc) is 3.38. The van der Waals surface area contributed by atoms with Crippen molar-refractivity contribution in [1.29, 1.82) is 0 Å². The number of nitrogens with one attached hydrogen (secondary N) is 1. The van der Waals surface area contributed by atoms with Gasteiger partial charge in [-0.05, 0) is 63.9 Å². The fourth-order valence-corrected chi connectivity index (χ4v) is 4.94. The van der Waals surface area contributed by atoms with Crippen LogP contribution in [0.2, 0.25) is 5.02 Å². The number of nitrogens with zero attached hydrogens (tertiary/aromatic N) is 4. The molecule has 6 nitrogen and oxygen atoms in total. The molecular formula is C19H26ClN5O. The fraction of sp³-hybridized carbons (Fsp3) is 0.632. The standard InChI is InChI=1S/C19H26ClN5O/c1-11(16-9-14-4-5-15(16)8-14)21-19(26)17-6-7-24(23-17)10-25-13(3)18(20)12(2)22-25/h6-7,11,14-16H,4-5,8-10H2,1-3H3,(H,21,26). The zero-order valence-corrected chi connectivity index (χ0v) is 16.3. The summed E-state index contributed by atoms with van der Waals surface area (Å²) in [5, 5.41) is 12.7. The molecule has 0 spiro atoms. The van der Waals surface area contributed by atoms with Crippen molar-refractivity contribution >= 4 is 17.5 Å². The van der Waals surface area contributed by atoms with Crippen molar-refractivity contribution in [2.24, 2.45) is 17.8 Å². The molecule has 2 aromatic rings. The van der Waals surface area contributed by atoms with Crippen LogP contribution in [0.1, 0.15) is 54.5 Å². The topological polar surface area (TPSA) is 64.7 Å². The van der Waals surface area contributed by atoms with Gasteiger partial charge in [0.15, 0.2) is 0 Å². The normalized spacial score (nSPS) is 25.6. The van der Waals surface area contributed by atoms with Crippen LogP contribution in [0.3, 0.4) is 0 Å². The summed E-state index contributed by atoms with van der Waals surface area (Å²) in [5.41, 5.74) is 2.15. The first-order chi connectivity index (χ1) is 12.4. The van der Waals surface area contributed by atoms with Crippen LogP contribution in [0.5, 0.6) is 0 Å². The summed E-state index contributed by atoms with van der Waals surface area (Å²) in [6.07, 6.45) is 7.13. The van der Waals surface area contributed by atoms with Crippen LogP contribution >= 0.6 is 11.6 Å². The highest BCUT2D eigenvalue weighted by Crippen LogP contribution is 2.49. The fourth-order valence-electron chi connectivity index (χ4n) is 4.81. The Labute approximate surface area is 158 Å². The van der Waals surface area contributed by atoms with E-state index in [-0.39, 0.29) is 11.9 Å². The molecule has 2 aliphatic carbocycles. The number of rotatable bonds is 5. The Balaban J connectivity index is 1.39. The van der Waals surface area contributed by atoms with Gasteiger partial charge in [-0.1, -0.05) is 18.0 Å². The molecule has 4 unspecified atom stereocenters. The first kappa shape index (κ1) is 17.6. The molecule has 0 radical (unpaired) electrons. The second-order valence-corrected chi connectivity index (χ2v) is 8.35. The van der Waals surface area contributed by atoms with Crippen LogP contribution in [0.25, 0.3) is 0 Å². The van der Waals surface area contributed by atoms with E-state index < -0.39 is 0 Å². The third-order valence-electron chi connectivity index (χ3n) is 6.24. The summed E-state index contributed by atoms with van der Waals surface area (Å²) in [6, 6.07) is 1.97. The molecule has 4 rings (SSSR count). The Kier molecular flexibility index (Phi) is 4.55. The molecule has 1 amide bonds. The van der Waals surface area contributed by atoms with Crippen LogP contribution < -0.4 is 5.32 Å². The van der Waals surface area contributed by atoms with Crippen molar-refractivity contribution in [3.8, 4) is 0 Å². The van der Waals surface area contributed by atoms with Gasteiger partial charge >= 0.3 is 0 Å². The molecule has 0 aliphatic heterocycles. The lowest BCUT2D eigenvalue weighted by Gasteiger charge is -2.28. The minimum Gasteiger partial charge on any atom is -0.348 e. The first-order valence-corrected chi connectivity index (χ1v) is 9.84. The van der Waals surface area contributed by atoms with Crippen LogP contribution in [-0.2, 0) is 6.67 Å². The zero-order valence-electron chi connectivity index (χ0n) is 15.6. The smallest absolute Gasteiger partial charge is 0.271 e. The highest BCUT2D eigenvalue weighted by Gasteiger charge is 2.42. The van der Waals surface area contributed by atoms with Gasteiger partial charge in [-0.25, -0.2) is 4.68 Å². The molecule has 7 heteroatoms. The zero-order chi connectivity index (χ0) is 18.4. The molecule has 2 aliphatic rings. The van der Waals surface area contributed by atoms with Crippen molar-refractivity contribution in [3.05, 3.63) is 34.4 Å². The largest absolute Gasteiger partial charge is 0.348 e. The van der Waals surface area contributed by atoms with Gasteiger partial charge in [0.1, 0.15) is 12.4 Å². The molecule has 2 fully saturated rings. The second kappa shape index (κ2) is 6.72. The molecule has 0 saturated heterocycles. The van der Waals surface area contributed by atoms with Crippen molar-refractivity contribution in [2.45, 2.75) is 59.2 Å². The third kappa shape index (κ3) is 3.15. The summed E-state index contributed by atoms with van der Waals surface area (Å²) in [6.45, 7) is 6.38. The number of carbonyl (C=O) groups is 1. The van der Waals surface area contributed by atoms with Crippen LogP contribution in [0.4, 0.5) is 0 Å². The van der Waals surface area contributed by atoms with E-state index in [1.165, 1.54) is 25.7 Å². The van der Waals surface area contributed by atoms with E-state index in [4.69, 9.17) is 11.6 Å². The lowest BCUT2D eigenvalue weighted by atomic mass is 9.84. The van der Waals surface area contributed by atoms with Crippen molar-refractivity contribution in [3.63, 3.8) is 0 Å². The monoisotopic (exact) mass is 375 g/mol. The molecule has 1 N–H and O–H groups in total. The average molecular weight is 376 g/mol. The maximum atomic E-state index is 12.6. The Morgan fingerprint density at radius 2 is 2.15 bits per heavy atom. The number of hydrogen-bond donors (Lipinski definition) is 1. The minimum atomic E-state index is -0.0922. The summed E-state index contributed by atoms with van der Waals surface area (Å²) in [7, 11) is 0. The van der Waals surface area contributed by atoms with Gasteiger partial charge in [-0.3, -0.25) is 9.48 Å². The Morgan fingerprint density at radius 3 is 2.77 bits per heavy atom. The molecule has 2 saturated carbocycles. The molecule has 0 aromatic carbocycles. The maximum absolute atomic E-state index is 12.6. The predicted octanol–water partition coefficient (Wildman–Crippen LogP) is 3.41. The number of halogens is 1. The van der Waals surface area contributed by atoms with Gasteiger partial charge in [-0.15, -0.1) is 0 Å². The second-order valence-electron chi connectivity index (χ2n) is 7.97. The van der Waals surface area contributed by atoms with E-state index in [1.807, 2.05) is 20.0 Å². The Morgan fingerprint density at radius 1 is 1.35 bits per heavy atom. The van der Waals surface area contributed by atoms with Gasteiger partial charge in [-0.2, -0.15) is 10.2 Å². The van der Waals surface area contributed by atoms with Crippen LogP contribution in [0.15, 0.2) is 12.3 Å². The number of amides is 1. The highest BCUT2D eigenvalue weighted by molar-refractivity contribution is 6.31. The first-order valence-electron chi connectivity index (χ1n) is 9.46. The van der Waals surface area contributed by atoms with E-state index in [9.17, 15) is 4.79 Å². The number of fused-ring (bicyclic) bond motifs is 2. The van der Waals surface area contributed by atoms with E-state index in [0.29, 0.717) is 23.3 Å². The SMILES string of the molecule is Cc1nn(Cn2ccc(C(=O)NC(C)C3CC4CCC3C4)n2)c(C)c1Cl. The van der Waals surface area contributed by atoms with Crippen molar-refractivity contribution in [1.82, 2.24) is 24.9 Å². The van der Waals surface area contributed by atoms with Crippen molar-refractivity contribution in [2.75, 3.05) is 0 Å². The molecule has 2 aromatic heterocycles. The summed E-state index contributed by atoms with van der Waals surface area (Å²) >= 11 is 6.19. The third-order valence-corrected chi connectivity index (χ3v) is 6.79. The molecular weight excluding hydrogens is 350 g/mol.